The molecule has 1 aliphatic rings. The van der Waals surface area contributed by atoms with Crippen LogP contribution in [-0.2, 0) is 4.79 Å². The van der Waals surface area contributed by atoms with Crippen molar-refractivity contribution in [3.05, 3.63) is 52.2 Å². The summed E-state index contributed by atoms with van der Waals surface area (Å²) < 4.78 is 22.6. The average molecular weight is 423 g/mol. The number of carbonyl (C=O) groups is 1. The van der Waals surface area contributed by atoms with E-state index in [1.54, 1.807) is 42.3 Å². The summed E-state index contributed by atoms with van der Waals surface area (Å²) in [4.78, 5) is 27.5. The Morgan fingerprint density at radius 1 is 1.03 bits per heavy atom. The number of aryl methyl sites for hydroxylation is 1. The van der Waals surface area contributed by atoms with Crippen molar-refractivity contribution < 1.29 is 23.4 Å². The van der Waals surface area contributed by atoms with Gasteiger partial charge >= 0.3 is 0 Å². The molecule has 1 aromatic heterocycles. The van der Waals surface area contributed by atoms with Crippen LogP contribution in [-0.4, -0.2) is 44.7 Å². The molecule has 0 aliphatic carbocycles. The van der Waals surface area contributed by atoms with E-state index >= 15 is 0 Å². The fourth-order valence-electron chi connectivity index (χ4n) is 3.77. The molecule has 3 aromatic rings. The zero-order valence-electron chi connectivity index (χ0n) is 17.9. The zero-order valence-corrected chi connectivity index (χ0v) is 17.9. The standard InChI is InChI=1S/C24H25NO6/c1-15-6-8-17-19(12-15)31-23(16-7-9-18(28-2)20(13-16)29-3)24(22(17)27)30-14-21(26)25-10-4-5-11-25/h6-9,12-13H,4-5,10-11,14H2,1-3H3. The smallest absolute Gasteiger partial charge is 0.260 e. The summed E-state index contributed by atoms with van der Waals surface area (Å²) in [6.07, 6.45) is 1.97. The Bertz CT molecular complexity index is 1180. The molecule has 0 bridgehead atoms. The number of nitrogens with zero attached hydrogens (tertiary/aromatic N) is 1. The van der Waals surface area contributed by atoms with Gasteiger partial charge < -0.3 is 23.5 Å². The number of carbonyl (C=O) groups excluding carboxylic acids is 1. The molecule has 0 saturated carbocycles. The van der Waals surface area contributed by atoms with E-state index in [0.717, 1.165) is 31.5 Å². The highest BCUT2D eigenvalue weighted by atomic mass is 16.5. The summed E-state index contributed by atoms with van der Waals surface area (Å²) in [6.45, 7) is 3.14. The summed E-state index contributed by atoms with van der Waals surface area (Å²) in [5, 5.41) is 0.401. The van der Waals surface area contributed by atoms with E-state index in [0.29, 0.717) is 28.0 Å². The Morgan fingerprint density at radius 2 is 1.77 bits per heavy atom. The lowest BCUT2D eigenvalue weighted by molar-refractivity contribution is -0.132. The lowest BCUT2D eigenvalue weighted by atomic mass is 10.1. The Labute approximate surface area is 180 Å². The van der Waals surface area contributed by atoms with Crippen LogP contribution in [0.2, 0.25) is 0 Å². The quantitative estimate of drug-likeness (QED) is 0.600. The number of likely N-dealkylation sites (tertiary alicyclic amines) is 1. The number of rotatable bonds is 6. The van der Waals surface area contributed by atoms with Gasteiger partial charge in [-0.2, -0.15) is 0 Å². The fraction of sp³-hybridized carbons (Fsp3) is 0.333. The molecule has 2 heterocycles. The van der Waals surface area contributed by atoms with Gasteiger partial charge in [-0.3, -0.25) is 9.59 Å². The van der Waals surface area contributed by atoms with E-state index in [9.17, 15) is 9.59 Å². The van der Waals surface area contributed by atoms with Gasteiger partial charge in [0.25, 0.3) is 5.91 Å². The summed E-state index contributed by atoms with van der Waals surface area (Å²) in [7, 11) is 3.09. The lowest BCUT2D eigenvalue weighted by Crippen LogP contribution is -2.32. The minimum absolute atomic E-state index is 0.0103. The SMILES string of the molecule is COc1ccc(-c2oc3cc(C)ccc3c(=O)c2OCC(=O)N2CCCC2)cc1OC. The maximum Gasteiger partial charge on any atom is 0.260 e. The highest BCUT2D eigenvalue weighted by molar-refractivity contribution is 5.83. The summed E-state index contributed by atoms with van der Waals surface area (Å²) in [5.41, 5.74) is 1.68. The van der Waals surface area contributed by atoms with E-state index in [4.69, 9.17) is 18.6 Å². The maximum atomic E-state index is 13.3. The molecule has 0 unspecified atom stereocenters. The number of amides is 1. The first-order valence-electron chi connectivity index (χ1n) is 10.2. The molecule has 0 spiro atoms. The van der Waals surface area contributed by atoms with Gasteiger partial charge in [0, 0.05) is 18.7 Å². The Kier molecular flexibility index (Phi) is 5.84. The fourth-order valence-corrected chi connectivity index (χ4v) is 3.77. The van der Waals surface area contributed by atoms with Crippen molar-refractivity contribution in [2.45, 2.75) is 19.8 Å². The summed E-state index contributed by atoms with van der Waals surface area (Å²) in [5.74, 6) is 1.16. The highest BCUT2D eigenvalue weighted by Gasteiger charge is 2.23. The van der Waals surface area contributed by atoms with Crippen LogP contribution in [0.4, 0.5) is 0 Å². The van der Waals surface area contributed by atoms with Crippen molar-refractivity contribution >= 4 is 16.9 Å². The van der Waals surface area contributed by atoms with Crippen LogP contribution in [0.15, 0.2) is 45.6 Å². The third kappa shape index (κ3) is 4.08. The van der Waals surface area contributed by atoms with Gasteiger partial charge in [0.15, 0.2) is 23.9 Å². The minimum Gasteiger partial charge on any atom is -0.493 e. The predicted molar refractivity (Wildman–Crippen MR) is 117 cm³/mol. The number of hydrogen-bond acceptors (Lipinski definition) is 6. The predicted octanol–water partition coefficient (Wildman–Crippen LogP) is 3.79. The number of ether oxygens (including phenoxy) is 3. The van der Waals surface area contributed by atoms with Gasteiger partial charge in [0.2, 0.25) is 11.2 Å². The molecule has 7 nitrogen and oxygen atoms in total. The first-order valence-corrected chi connectivity index (χ1v) is 10.2. The van der Waals surface area contributed by atoms with E-state index in [1.165, 1.54) is 7.11 Å². The molecular weight excluding hydrogens is 398 g/mol. The van der Waals surface area contributed by atoms with Crippen molar-refractivity contribution in [3.8, 4) is 28.6 Å². The normalized spacial score (nSPS) is 13.5. The molecule has 31 heavy (non-hydrogen) atoms. The third-order valence-corrected chi connectivity index (χ3v) is 5.45. The third-order valence-electron chi connectivity index (χ3n) is 5.45. The van der Waals surface area contributed by atoms with Crippen molar-refractivity contribution in [2.24, 2.45) is 0 Å². The first-order chi connectivity index (χ1) is 15.0. The lowest BCUT2D eigenvalue weighted by Gasteiger charge is -2.17. The van der Waals surface area contributed by atoms with Crippen LogP contribution in [0.1, 0.15) is 18.4 Å². The van der Waals surface area contributed by atoms with Crippen molar-refractivity contribution in [2.75, 3.05) is 33.9 Å². The van der Waals surface area contributed by atoms with Crippen LogP contribution in [0.5, 0.6) is 17.2 Å². The molecule has 0 N–H and O–H groups in total. The van der Waals surface area contributed by atoms with Crippen LogP contribution >= 0.6 is 0 Å². The minimum atomic E-state index is -0.319. The maximum absolute atomic E-state index is 13.3. The molecule has 1 aliphatic heterocycles. The first kappa shape index (κ1) is 20.8. The number of hydrogen-bond donors (Lipinski definition) is 0. The molecule has 0 radical (unpaired) electrons. The molecule has 2 aromatic carbocycles. The number of benzene rings is 2. The van der Waals surface area contributed by atoms with Crippen LogP contribution < -0.4 is 19.6 Å². The van der Waals surface area contributed by atoms with E-state index in [-0.39, 0.29) is 29.5 Å². The van der Waals surface area contributed by atoms with Gasteiger partial charge in [-0.05, 0) is 55.7 Å². The zero-order chi connectivity index (χ0) is 22.0. The van der Waals surface area contributed by atoms with E-state index in [1.807, 2.05) is 13.0 Å². The molecule has 7 heteroatoms. The molecule has 0 atom stereocenters. The summed E-state index contributed by atoms with van der Waals surface area (Å²) >= 11 is 0. The number of methoxy groups -OCH3 is 2. The van der Waals surface area contributed by atoms with Crippen molar-refractivity contribution in [1.82, 2.24) is 4.90 Å². The van der Waals surface area contributed by atoms with Crippen molar-refractivity contribution in [3.63, 3.8) is 0 Å². The second-order valence-corrected chi connectivity index (χ2v) is 7.54. The van der Waals surface area contributed by atoms with Crippen LogP contribution in [0.3, 0.4) is 0 Å². The second-order valence-electron chi connectivity index (χ2n) is 7.54. The number of fused-ring (bicyclic) bond motifs is 1. The Balaban J connectivity index is 1.81. The van der Waals surface area contributed by atoms with E-state index < -0.39 is 0 Å². The van der Waals surface area contributed by atoms with Gasteiger partial charge in [-0.25, -0.2) is 0 Å². The molecule has 162 valence electrons. The van der Waals surface area contributed by atoms with Gasteiger partial charge in [-0.15, -0.1) is 0 Å². The molecule has 1 amide bonds. The topological polar surface area (TPSA) is 78.2 Å². The van der Waals surface area contributed by atoms with Gasteiger partial charge in [0.05, 0.1) is 19.6 Å². The van der Waals surface area contributed by atoms with Crippen LogP contribution in [0, 0.1) is 6.92 Å². The molecule has 4 rings (SSSR count). The average Bonchev–Trinajstić information content (AvgIpc) is 3.32. The Hall–Kier alpha value is -3.48. The summed E-state index contributed by atoms with van der Waals surface area (Å²) in [6, 6.07) is 10.6. The van der Waals surface area contributed by atoms with Crippen LogP contribution in [0.25, 0.3) is 22.3 Å². The van der Waals surface area contributed by atoms with Gasteiger partial charge in [0.1, 0.15) is 5.58 Å². The van der Waals surface area contributed by atoms with E-state index in [2.05, 4.69) is 0 Å². The molecular formula is C24H25NO6. The Morgan fingerprint density at radius 3 is 2.48 bits per heavy atom. The monoisotopic (exact) mass is 423 g/mol. The molecule has 1 fully saturated rings. The van der Waals surface area contributed by atoms with Crippen molar-refractivity contribution in [1.29, 1.82) is 0 Å². The molecule has 1 saturated heterocycles. The second kappa shape index (κ2) is 8.71. The largest absolute Gasteiger partial charge is 0.493 e. The highest BCUT2D eigenvalue weighted by Crippen LogP contribution is 2.36. The van der Waals surface area contributed by atoms with Gasteiger partial charge in [-0.1, -0.05) is 6.07 Å².